The largest absolute Gasteiger partial charge is 0.379 e. The first-order valence-corrected chi connectivity index (χ1v) is 12.5. The molecule has 0 bridgehead atoms. The van der Waals surface area contributed by atoms with Crippen molar-refractivity contribution in [3.8, 4) is 0 Å². The van der Waals surface area contributed by atoms with Crippen LogP contribution in [0.5, 0.6) is 0 Å². The molecule has 0 atom stereocenters. The normalized spacial score (nSPS) is 17.3. The first-order valence-electron chi connectivity index (χ1n) is 11.0. The van der Waals surface area contributed by atoms with Gasteiger partial charge in [-0.3, -0.25) is 4.79 Å². The SMILES string of the molecule is Cc1ccccc1NC(=O)CNc1cc(S(=O)(=O)N2CCOCC2)ccc1N1CCCC1. The predicted molar refractivity (Wildman–Crippen MR) is 126 cm³/mol. The molecule has 2 N–H and O–H groups in total. The van der Waals surface area contributed by atoms with E-state index >= 15 is 0 Å². The number of hydrogen-bond donors (Lipinski definition) is 2. The van der Waals surface area contributed by atoms with Crippen LogP contribution in [0, 0.1) is 6.92 Å². The van der Waals surface area contributed by atoms with Crippen molar-refractivity contribution < 1.29 is 17.9 Å². The van der Waals surface area contributed by atoms with E-state index in [1.54, 1.807) is 12.1 Å². The van der Waals surface area contributed by atoms with Crippen LogP contribution in [0.25, 0.3) is 0 Å². The molecule has 9 heteroatoms. The second kappa shape index (κ2) is 9.89. The Morgan fingerprint density at radius 2 is 1.72 bits per heavy atom. The van der Waals surface area contributed by atoms with Crippen LogP contribution >= 0.6 is 0 Å². The summed E-state index contributed by atoms with van der Waals surface area (Å²) in [4.78, 5) is 15.0. The highest BCUT2D eigenvalue weighted by Crippen LogP contribution is 2.32. The predicted octanol–water partition coefficient (Wildman–Crippen LogP) is 2.67. The third-order valence-corrected chi connectivity index (χ3v) is 7.78. The molecule has 8 nitrogen and oxygen atoms in total. The molecule has 2 heterocycles. The molecule has 4 rings (SSSR count). The number of carbonyl (C=O) groups is 1. The number of aryl methyl sites for hydroxylation is 1. The summed E-state index contributed by atoms with van der Waals surface area (Å²) >= 11 is 0. The smallest absolute Gasteiger partial charge is 0.243 e. The second-order valence-electron chi connectivity index (χ2n) is 8.11. The Balaban J connectivity index is 1.54. The van der Waals surface area contributed by atoms with Crippen LogP contribution in [0.2, 0.25) is 0 Å². The Hall–Kier alpha value is -2.62. The van der Waals surface area contributed by atoms with Gasteiger partial charge in [0.2, 0.25) is 15.9 Å². The van der Waals surface area contributed by atoms with Crippen LogP contribution in [-0.4, -0.2) is 64.6 Å². The fourth-order valence-corrected chi connectivity index (χ4v) is 5.50. The van der Waals surface area contributed by atoms with Gasteiger partial charge >= 0.3 is 0 Å². The lowest BCUT2D eigenvalue weighted by atomic mass is 10.2. The average Bonchev–Trinajstić information content (AvgIpc) is 3.34. The minimum Gasteiger partial charge on any atom is -0.379 e. The maximum Gasteiger partial charge on any atom is 0.243 e. The number of nitrogens with one attached hydrogen (secondary N) is 2. The lowest BCUT2D eigenvalue weighted by Gasteiger charge is -2.27. The van der Waals surface area contributed by atoms with Gasteiger partial charge in [-0.1, -0.05) is 18.2 Å². The Bertz CT molecular complexity index is 1060. The Morgan fingerprint density at radius 1 is 1.00 bits per heavy atom. The van der Waals surface area contributed by atoms with Gasteiger partial charge in [-0.15, -0.1) is 0 Å². The number of nitrogens with zero attached hydrogens (tertiary/aromatic N) is 2. The van der Waals surface area contributed by atoms with Gasteiger partial charge in [0.05, 0.1) is 36.0 Å². The molecule has 2 fully saturated rings. The molecule has 0 radical (unpaired) electrons. The van der Waals surface area contributed by atoms with E-state index in [0.717, 1.165) is 42.9 Å². The van der Waals surface area contributed by atoms with Crippen molar-refractivity contribution in [2.24, 2.45) is 0 Å². The van der Waals surface area contributed by atoms with Gasteiger partial charge in [0.15, 0.2) is 0 Å². The molecular formula is C23H30N4O4S. The number of amides is 1. The third kappa shape index (κ3) is 5.06. The molecule has 0 saturated carbocycles. The van der Waals surface area contributed by atoms with E-state index in [1.807, 2.05) is 37.3 Å². The van der Waals surface area contributed by atoms with E-state index in [-0.39, 0.29) is 17.3 Å². The van der Waals surface area contributed by atoms with Gasteiger partial charge in [0.25, 0.3) is 0 Å². The van der Waals surface area contributed by atoms with Gasteiger partial charge in [-0.25, -0.2) is 8.42 Å². The molecule has 2 aromatic carbocycles. The number of hydrogen-bond acceptors (Lipinski definition) is 6. The highest BCUT2D eigenvalue weighted by Gasteiger charge is 2.28. The van der Waals surface area contributed by atoms with Crippen molar-refractivity contribution >= 4 is 33.0 Å². The van der Waals surface area contributed by atoms with E-state index in [9.17, 15) is 13.2 Å². The highest BCUT2D eigenvalue weighted by molar-refractivity contribution is 7.89. The zero-order valence-corrected chi connectivity index (χ0v) is 19.2. The molecule has 172 valence electrons. The molecule has 2 aliphatic heterocycles. The van der Waals surface area contributed by atoms with Crippen molar-refractivity contribution in [2.45, 2.75) is 24.7 Å². The fourth-order valence-electron chi connectivity index (χ4n) is 4.07. The molecule has 0 aromatic heterocycles. The zero-order chi connectivity index (χ0) is 22.6. The van der Waals surface area contributed by atoms with Gasteiger partial charge < -0.3 is 20.3 Å². The standard InChI is InChI=1S/C23H30N4O4S/c1-18-6-2-3-7-20(18)25-23(28)17-24-21-16-19(8-9-22(21)26-10-4-5-11-26)32(29,30)27-12-14-31-15-13-27/h2-3,6-9,16,24H,4-5,10-15,17H2,1H3,(H,25,28). The summed E-state index contributed by atoms with van der Waals surface area (Å²) in [7, 11) is -3.62. The monoisotopic (exact) mass is 458 g/mol. The summed E-state index contributed by atoms with van der Waals surface area (Å²) in [5, 5.41) is 6.09. The van der Waals surface area contributed by atoms with E-state index in [1.165, 1.54) is 4.31 Å². The Kier molecular flexibility index (Phi) is 6.98. The highest BCUT2D eigenvalue weighted by atomic mass is 32.2. The van der Waals surface area contributed by atoms with Gasteiger partial charge in [0, 0.05) is 31.9 Å². The molecule has 2 aromatic rings. The topological polar surface area (TPSA) is 91.0 Å². The summed E-state index contributed by atoms with van der Waals surface area (Å²) in [5.74, 6) is -0.187. The number of rotatable bonds is 7. The number of para-hydroxylation sites is 1. The first-order chi connectivity index (χ1) is 15.4. The quantitative estimate of drug-likeness (QED) is 0.663. The first kappa shape index (κ1) is 22.6. The van der Waals surface area contributed by atoms with Crippen LogP contribution in [0.15, 0.2) is 47.4 Å². The molecule has 0 aliphatic carbocycles. The molecular weight excluding hydrogens is 428 g/mol. The number of ether oxygens (including phenoxy) is 1. The number of anilines is 3. The van der Waals surface area contributed by atoms with E-state index < -0.39 is 10.0 Å². The molecule has 0 unspecified atom stereocenters. The van der Waals surface area contributed by atoms with E-state index in [0.29, 0.717) is 32.0 Å². The number of carbonyl (C=O) groups excluding carboxylic acids is 1. The van der Waals surface area contributed by atoms with Crippen LogP contribution in [0.4, 0.5) is 17.1 Å². The summed E-state index contributed by atoms with van der Waals surface area (Å²) in [6, 6.07) is 12.8. The second-order valence-corrected chi connectivity index (χ2v) is 10.0. The zero-order valence-electron chi connectivity index (χ0n) is 18.3. The Labute approximate surface area is 189 Å². The molecule has 0 spiro atoms. The van der Waals surface area contributed by atoms with Crippen molar-refractivity contribution in [1.29, 1.82) is 0 Å². The molecule has 32 heavy (non-hydrogen) atoms. The minimum absolute atomic E-state index is 0.0379. The maximum atomic E-state index is 13.1. The summed E-state index contributed by atoms with van der Waals surface area (Å²) < 4.78 is 33.0. The average molecular weight is 459 g/mol. The summed E-state index contributed by atoms with van der Waals surface area (Å²) in [5.41, 5.74) is 3.33. The minimum atomic E-state index is -3.62. The lowest BCUT2D eigenvalue weighted by molar-refractivity contribution is -0.114. The van der Waals surface area contributed by atoms with Crippen LogP contribution < -0.4 is 15.5 Å². The van der Waals surface area contributed by atoms with Crippen molar-refractivity contribution in [1.82, 2.24) is 4.31 Å². The number of benzene rings is 2. The van der Waals surface area contributed by atoms with Gasteiger partial charge in [0.1, 0.15) is 0 Å². The lowest BCUT2D eigenvalue weighted by Crippen LogP contribution is -2.40. The van der Waals surface area contributed by atoms with Crippen molar-refractivity contribution in [3.63, 3.8) is 0 Å². The van der Waals surface area contributed by atoms with Gasteiger partial charge in [-0.05, 0) is 49.6 Å². The van der Waals surface area contributed by atoms with Crippen LogP contribution in [0.1, 0.15) is 18.4 Å². The fraction of sp³-hybridized carbons (Fsp3) is 0.435. The van der Waals surface area contributed by atoms with Crippen LogP contribution in [0.3, 0.4) is 0 Å². The van der Waals surface area contributed by atoms with Crippen molar-refractivity contribution in [3.05, 3.63) is 48.0 Å². The van der Waals surface area contributed by atoms with Crippen LogP contribution in [-0.2, 0) is 19.6 Å². The summed E-state index contributed by atoms with van der Waals surface area (Å²) in [6.07, 6.45) is 2.20. The van der Waals surface area contributed by atoms with E-state index in [2.05, 4.69) is 15.5 Å². The maximum absolute atomic E-state index is 13.1. The van der Waals surface area contributed by atoms with E-state index in [4.69, 9.17) is 4.74 Å². The summed E-state index contributed by atoms with van der Waals surface area (Å²) in [6.45, 7) is 5.30. The molecule has 2 saturated heterocycles. The number of sulfonamides is 1. The number of morpholine rings is 1. The Morgan fingerprint density at radius 3 is 2.44 bits per heavy atom. The molecule has 1 amide bonds. The van der Waals surface area contributed by atoms with Crippen molar-refractivity contribution in [2.75, 3.05) is 61.5 Å². The molecule has 2 aliphatic rings. The van der Waals surface area contributed by atoms with Gasteiger partial charge in [-0.2, -0.15) is 4.31 Å². The third-order valence-electron chi connectivity index (χ3n) is 5.88.